The fraction of sp³-hybridized carbons (Fsp3) is 0.231. The van der Waals surface area contributed by atoms with E-state index in [1.165, 1.54) is 12.1 Å². The van der Waals surface area contributed by atoms with E-state index in [1.807, 2.05) is 24.3 Å². The van der Waals surface area contributed by atoms with E-state index >= 15 is 0 Å². The number of hydrogen-bond donors (Lipinski definition) is 1. The number of nitrogens with one attached hydrogen (secondary N) is 1. The summed E-state index contributed by atoms with van der Waals surface area (Å²) in [5, 5.41) is 3.68. The van der Waals surface area contributed by atoms with Crippen LogP contribution in [0, 0.1) is 11.7 Å². The Bertz CT molecular complexity index is 1340. The number of piperidine rings is 1. The summed E-state index contributed by atoms with van der Waals surface area (Å²) in [6.07, 6.45) is 1.70. The second kappa shape index (κ2) is 9.74. The lowest BCUT2D eigenvalue weighted by atomic mass is 9.97. The van der Waals surface area contributed by atoms with Crippen LogP contribution in [0.2, 0.25) is 10.0 Å². The lowest BCUT2D eigenvalue weighted by Crippen LogP contribution is -2.40. The van der Waals surface area contributed by atoms with Gasteiger partial charge in [-0.05, 0) is 67.9 Å². The van der Waals surface area contributed by atoms with Crippen molar-refractivity contribution in [3.05, 3.63) is 88.4 Å². The Kier molecular flexibility index (Phi) is 6.55. The molecule has 5 nitrogen and oxygen atoms in total. The average molecular weight is 497 g/mol. The standard InChI is InChI=1S/C26H23Cl2FN4O/c27-20-6-3-8-22(25(20)28)31-26(34)17-5-4-14-32(15-17)16-24-30-21-7-1-2-9-23(21)33(24)19-12-10-18(29)11-13-19/h1-3,6-13,17H,4-5,14-16H2,(H,31,34)/t17-/m0/s1. The van der Waals surface area contributed by atoms with Crippen molar-refractivity contribution < 1.29 is 9.18 Å². The topological polar surface area (TPSA) is 50.2 Å². The molecular weight excluding hydrogens is 474 g/mol. The van der Waals surface area contributed by atoms with E-state index in [-0.39, 0.29) is 17.6 Å². The van der Waals surface area contributed by atoms with Gasteiger partial charge in [0.05, 0.1) is 39.2 Å². The summed E-state index contributed by atoms with van der Waals surface area (Å²) in [6.45, 7) is 2.05. The van der Waals surface area contributed by atoms with Crippen LogP contribution in [0.5, 0.6) is 0 Å². The quantitative estimate of drug-likeness (QED) is 0.351. The molecule has 1 aliphatic heterocycles. The number of amides is 1. The van der Waals surface area contributed by atoms with Crippen molar-refractivity contribution in [2.75, 3.05) is 18.4 Å². The first-order chi connectivity index (χ1) is 16.5. The summed E-state index contributed by atoms with van der Waals surface area (Å²) in [5.74, 6) is 0.333. The molecule has 1 fully saturated rings. The molecule has 1 aliphatic rings. The first kappa shape index (κ1) is 22.8. The summed E-state index contributed by atoms with van der Waals surface area (Å²) < 4.78 is 15.6. The van der Waals surface area contributed by atoms with Gasteiger partial charge in [0.25, 0.3) is 0 Å². The molecule has 1 saturated heterocycles. The highest BCUT2D eigenvalue weighted by Gasteiger charge is 2.27. The van der Waals surface area contributed by atoms with Crippen LogP contribution in [0.4, 0.5) is 10.1 Å². The molecule has 1 aromatic heterocycles. The summed E-state index contributed by atoms with van der Waals surface area (Å²) in [6, 6.07) is 19.5. The molecule has 8 heteroatoms. The van der Waals surface area contributed by atoms with Gasteiger partial charge in [-0.15, -0.1) is 0 Å². The maximum Gasteiger partial charge on any atom is 0.228 e. The highest BCUT2D eigenvalue weighted by Crippen LogP contribution is 2.31. The minimum Gasteiger partial charge on any atom is -0.324 e. The van der Waals surface area contributed by atoms with E-state index in [0.717, 1.165) is 41.9 Å². The predicted octanol–water partition coefficient (Wildman–Crippen LogP) is 6.32. The van der Waals surface area contributed by atoms with Crippen LogP contribution >= 0.6 is 23.2 Å². The Labute approximate surface area is 207 Å². The zero-order chi connectivity index (χ0) is 23.7. The number of fused-ring (bicyclic) bond motifs is 1. The average Bonchev–Trinajstić information content (AvgIpc) is 3.20. The molecule has 174 valence electrons. The minimum absolute atomic E-state index is 0.0686. The van der Waals surface area contributed by atoms with Crippen LogP contribution in [0.3, 0.4) is 0 Å². The zero-order valence-electron chi connectivity index (χ0n) is 18.3. The highest BCUT2D eigenvalue weighted by molar-refractivity contribution is 6.44. The molecule has 1 amide bonds. The third-order valence-electron chi connectivity index (χ3n) is 6.17. The molecular formula is C26H23Cl2FN4O. The summed E-state index contributed by atoms with van der Waals surface area (Å²) in [7, 11) is 0. The van der Waals surface area contributed by atoms with Gasteiger partial charge in [0.15, 0.2) is 0 Å². The van der Waals surface area contributed by atoms with Crippen LogP contribution in [0.1, 0.15) is 18.7 Å². The molecule has 0 aliphatic carbocycles. The van der Waals surface area contributed by atoms with Gasteiger partial charge in [0, 0.05) is 12.2 Å². The fourth-order valence-electron chi connectivity index (χ4n) is 4.51. The summed E-state index contributed by atoms with van der Waals surface area (Å²) in [4.78, 5) is 20.1. The molecule has 1 N–H and O–H groups in total. The second-order valence-electron chi connectivity index (χ2n) is 8.49. The molecule has 0 radical (unpaired) electrons. The van der Waals surface area contributed by atoms with E-state index in [9.17, 15) is 9.18 Å². The number of aromatic nitrogens is 2. The molecule has 4 aromatic rings. The maximum atomic E-state index is 13.6. The van der Waals surface area contributed by atoms with Crippen LogP contribution < -0.4 is 5.32 Å². The molecule has 0 saturated carbocycles. The number of likely N-dealkylation sites (tertiary alicyclic amines) is 1. The van der Waals surface area contributed by atoms with Gasteiger partial charge in [-0.1, -0.05) is 41.4 Å². The van der Waals surface area contributed by atoms with Gasteiger partial charge in [0.2, 0.25) is 5.91 Å². The van der Waals surface area contributed by atoms with Crippen LogP contribution in [0.15, 0.2) is 66.7 Å². The van der Waals surface area contributed by atoms with Crippen molar-refractivity contribution in [2.45, 2.75) is 19.4 Å². The molecule has 0 spiro atoms. The van der Waals surface area contributed by atoms with Gasteiger partial charge < -0.3 is 5.32 Å². The maximum absolute atomic E-state index is 13.6. The normalized spacial score (nSPS) is 16.6. The van der Waals surface area contributed by atoms with Crippen LogP contribution in [-0.4, -0.2) is 33.4 Å². The fourth-order valence-corrected chi connectivity index (χ4v) is 4.86. The number of anilines is 1. The van der Waals surface area contributed by atoms with Gasteiger partial charge in [-0.3, -0.25) is 14.3 Å². The van der Waals surface area contributed by atoms with E-state index in [1.54, 1.807) is 30.3 Å². The smallest absolute Gasteiger partial charge is 0.228 e. The lowest BCUT2D eigenvalue weighted by Gasteiger charge is -2.32. The number of carbonyl (C=O) groups excluding carboxylic acids is 1. The van der Waals surface area contributed by atoms with Crippen molar-refractivity contribution in [2.24, 2.45) is 5.92 Å². The SMILES string of the molecule is O=C(Nc1cccc(Cl)c1Cl)[C@H]1CCCN(Cc2nc3ccccc3n2-c2ccc(F)cc2)C1. The molecule has 0 bridgehead atoms. The van der Waals surface area contributed by atoms with Gasteiger partial charge >= 0.3 is 0 Å². The summed E-state index contributed by atoms with van der Waals surface area (Å²) >= 11 is 12.3. The number of imidazole rings is 1. The second-order valence-corrected chi connectivity index (χ2v) is 9.28. The number of benzene rings is 3. The number of carbonyl (C=O) groups is 1. The van der Waals surface area contributed by atoms with Crippen molar-refractivity contribution in [3.8, 4) is 5.69 Å². The predicted molar refractivity (Wildman–Crippen MR) is 134 cm³/mol. The van der Waals surface area contributed by atoms with Gasteiger partial charge in [-0.2, -0.15) is 0 Å². The molecule has 0 unspecified atom stereocenters. The number of halogens is 3. The van der Waals surface area contributed by atoms with Gasteiger partial charge in [0.1, 0.15) is 11.6 Å². The van der Waals surface area contributed by atoms with Crippen molar-refractivity contribution in [1.82, 2.24) is 14.5 Å². The number of rotatable bonds is 5. The Hall–Kier alpha value is -2.93. The zero-order valence-corrected chi connectivity index (χ0v) is 19.9. The number of para-hydroxylation sites is 2. The monoisotopic (exact) mass is 496 g/mol. The third kappa shape index (κ3) is 4.67. The number of hydrogen-bond acceptors (Lipinski definition) is 3. The molecule has 5 rings (SSSR count). The first-order valence-electron chi connectivity index (χ1n) is 11.2. The lowest BCUT2D eigenvalue weighted by molar-refractivity contribution is -0.121. The van der Waals surface area contributed by atoms with Crippen LogP contribution in [-0.2, 0) is 11.3 Å². The molecule has 34 heavy (non-hydrogen) atoms. The first-order valence-corrected chi connectivity index (χ1v) is 11.9. The largest absolute Gasteiger partial charge is 0.324 e. The highest BCUT2D eigenvalue weighted by atomic mass is 35.5. The van der Waals surface area contributed by atoms with Gasteiger partial charge in [-0.25, -0.2) is 9.37 Å². The van der Waals surface area contributed by atoms with E-state index in [4.69, 9.17) is 28.2 Å². The Balaban J connectivity index is 1.37. The number of nitrogens with zero attached hydrogens (tertiary/aromatic N) is 3. The minimum atomic E-state index is -0.278. The molecule has 1 atom stereocenters. The Morgan fingerprint density at radius 1 is 1.06 bits per heavy atom. The van der Waals surface area contributed by atoms with E-state index < -0.39 is 0 Å². The van der Waals surface area contributed by atoms with E-state index in [0.29, 0.717) is 28.8 Å². The van der Waals surface area contributed by atoms with Crippen molar-refractivity contribution >= 4 is 45.8 Å². The molecule has 3 aromatic carbocycles. The Morgan fingerprint density at radius 3 is 2.68 bits per heavy atom. The molecule has 2 heterocycles. The van der Waals surface area contributed by atoms with E-state index in [2.05, 4.69) is 14.8 Å². The summed E-state index contributed by atoms with van der Waals surface area (Å²) in [5.41, 5.74) is 3.22. The van der Waals surface area contributed by atoms with Crippen molar-refractivity contribution in [1.29, 1.82) is 0 Å². The van der Waals surface area contributed by atoms with Crippen LogP contribution in [0.25, 0.3) is 16.7 Å². The Morgan fingerprint density at radius 2 is 1.85 bits per heavy atom. The third-order valence-corrected chi connectivity index (χ3v) is 6.98. The van der Waals surface area contributed by atoms with Crippen molar-refractivity contribution in [3.63, 3.8) is 0 Å².